The van der Waals surface area contributed by atoms with Gasteiger partial charge in [0.1, 0.15) is 36.4 Å². The summed E-state index contributed by atoms with van der Waals surface area (Å²) < 4.78 is 16.7. The Bertz CT molecular complexity index is 1860. The standard InChI is InChI=1S/C35H45N7O7.C7H8.C2H6O/c1-24(2)18-30(38-33(45)26-8-5-4-6-9-26)35(47)42-15-7-10-31(42)34(46)36-20-32(44)37-27(22-43)19-25-11-13-29(14-12-25)49-17-16-41-21-28(23-48-3)39-40-41;1-7-5-3-2-4-6-7;1-3-2/h4-6,8-9,11-14,21-22,24,27,30-31H,7,10,15-20,23H2,1-3H3,(H,36,46)(H,37,44)(H,38,45);2-6H,1H3;1-2H3. The maximum absolute atomic E-state index is 13.6. The predicted molar refractivity (Wildman–Crippen MR) is 223 cm³/mol. The van der Waals surface area contributed by atoms with Gasteiger partial charge < -0.3 is 39.9 Å². The second-order valence-corrected chi connectivity index (χ2v) is 14.4. The van der Waals surface area contributed by atoms with Gasteiger partial charge in [-0.2, -0.15) is 0 Å². The molecule has 4 amide bonds. The average Bonchev–Trinajstić information content (AvgIpc) is 3.91. The van der Waals surface area contributed by atoms with E-state index in [1.54, 1.807) is 74.7 Å². The summed E-state index contributed by atoms with van der Waals surface area (Å²) in [6, 6.07) is 23.7. The van der Waals surface area contributed by atoms with Crippen molar-refractivity contribution < 1.29 is 38.2 Å². The number of aromatic nitrogens is 3. The van der Waals surface area contributed by atoms with E-state index in [0.717, 1.165) is 11.3 Å². The van der Waals surface area contributed by atoms with Gasteiger partial charge in [-0.1, -0.05) is 85.3 Å². The van der Waals surface area contributed by atoms with E-state index in [0.29, 0.717) is 63.2 Å². The van der Waals surface area contributed by atoms with Crippen molar-refractivity contribution in [1.29, 1.82) is 0 Å². The van der Waals surface area contributed by atoms with Gasteiger partial charge in [-0.15, -0.1) is 5.10 Å². The Morgan fingerprint density at radius 2 is 1.58 bits per heavy atom. The third-order valence-electron chi connectivity index (χ3n) is 8.91. The highest BCUT2D eigenvalue weighted by atomic mass is 16.5. The third-order valence-corrected chi connectivity index (χ3v) is 8.91. The number of hydrogen-bond acceptors (Lipinski definition) is 10. The molecule has 3 aromatic carbocycles. The van der Waals surface area contributed by atoms with Crippen molar-refractivity contribution >= 4 is 29.9 Å². The monoisotopic (exact) mass is 813 g/mol. The first-order valence-corrected chi connectivity index (χ1v) is 19.7. The quantitative estimate of drug-likeness (QED) is 0.125. The fourth-order valence-electron chi connectivity index (χ4n) is 6.13. The highest BCUT2D eigenvalue weighted by Gasteiger charge is 2.38. The number of benzene rings is 3. The van der Waals surface area contributed by atoms with Crippen LogP contribution in [0, 0.1) is 12.8 Å². The van der Waals surface area contributed by atoms with E-state index in [9.17, 15) is 24.0 Å². The van der Waals surface area contributed by atoms with Gasteiger partial charge >= 0.3 is 0 Å². The molecule has 3 N–H and O–H groups in total. The van der Waals surface area contributed by atoms with Crippen LogP contribution in [0.4, 0.5) is 0 Å². The van der Waals surface area contributed by atoms with Crippen LogP contribution in [0.25, 0.3) is 0 Å². The lowest BCUT2D eigenvalue weighted by atomic mass is 10.0. The van der Waals surface area contributed by atoms with Crippen molar-refractivity contribution in [2.45, 2.75) is 77.7 Å². The molecule has 4 aromatic rings. The molecule has 3 unspecified atom stereocenters. The van der Waals surface area contributed by atoms with Crippen molar-refractivity contribution in [3.63, 3.8) is 0 Å². The molecule has 1 aliphatic heterocycles. The zero-order valence-electron chi connectivity index (χ0n) is 35.0. The van der Waals surface area contributed by atoms with Crippen LogP contribution in [0.1, 0.15) is 60.3 Å². The molecule has 1 saturated heterocycles. The molecular formula is C44H59N7O8. The third kappa shape index (κ3) is 17.2. The summed E-state index contributed by atoms with van der Waals surface area (Å²) >= 11 is 0. The van der Waals surface area contributed by atoms with E-state index in [-0.39, 0.29) is 30.7 Å². The summed E-state index contributed by atoms with van der Waals surface area (Å²) in [6.45, 7) is 7.29. The first kappa shape index (κ1) is 47.4. The van der Waals surface area contributed by atoms with E-state index < -0.39 is 29.9 Å². The van der Waals surface area contributed by atoms with Crippen LogP contribution in [0.2, 0.25) is 0 Å². The number of amides is 4. The first-order valence-electron chi connectivity index (χ1n) is 19.7. The molecule has 1 fully saturated rings. The van der Waals surface area contributed by atoms with Crippen LogP contribution >= 0.6 is 0 Å². The molecule has 318 valence electrons. The van der Waals surface area contributed by atoms with Crippen molar-refractivity contribution in [2.24, 2.45) is 5.92 Å². The number of carbonyl (C=O) groups excluding carboxylic acids is 5. The lowest BCUT2D eigenvalue weighted by molar-refractivity contribution is -0.140. The maximum atomic E-state index is 13.6. The van der Waals surface area contributed by atoms with Gasteiger partial charge in [0.25, 0.3) is 5.91 Å². The van der Waals surface area contributed by atoms with Crippen LogP contribution in [-0.4, -0.2) is 109 Å². The number of methoxy groups -OCH3 is 2. The number of likely N-dealkylation sites (tertiary alicyclic amines) is 1. The number of aldehydes is 1. The van der Waals surface area contributed by atoms with Gasteiger partial charge in [-0.05, 0) is 68.4 Å². The highest BCUT2D eigenvalue weighted by Crippen LogP contribution is 2.21. The predicted octanol–water partition coefficient (Wildman–Crippen LogP) is 3.94. The van der Waals surface area contributed by atoms with Crippen LogP contribution in [0.5, 0.6) is 5.75 Å². The van der Waals surface area contributed by atoms with Crippen molar-refractivity contribution in [2.75, 3.05) is 41.0 Å². The molecule has 2 heterocycles. The fraction of sp³-hybridized carbons (Fsp3) is 0.432. The molecule has 15 nitrogen and oxygen atoms in total. The summed E-state index contributed by atoms with van der Waals surface area (Å²) in [4.78, 5) is 65.6. The van der Waals surface area contributed by atoms with E-state index in [4.69, 9.17) is 9.47 Å². The Morgan fingerprint density at radius 3 is 2.17 bits per heavy atom. The Hall–Kier alpha value is -5.93. The first-order chi connectivity index (χ1) is 28.5. The molecule has 0 saturated carbocycles. The normalized spacial score (nSPS) is 14.1. The smallest absolute Gasteiger partial charge is 0.251 e. The SMILES string of the molecule is COC.COCc1cn(CCOc2ccc(CC(C=O)NC(=O)CNC(=O)C3CCCN3C(=O)C(CC(C)C)NC(=O)c3ccccc3)cc2)nn1.Cc1ccccc1. The molecule has 1 aromatic heterocycles. The van der Waals surface area contributed by atoms with Crippen LogP contribution < -0.4 is 20.7 Å². The molecule has 59 heavy (non-hydrogen) atoms. The van der Waals surface area contributed by atoms with Crippen LogP contribution in [0.3, 0.4) is 0 Å². The summed E-state index contributed by atoms with van der Waals surface area (Å²) in [5.74, 6) is -0.922. The number of ether oxygens (including phenoxy) is 3. The molecule has 1 aliphatic rings. The number of hydrogen-bond donors (Lipinski definition) is 3. The molecule has 0 radical (unpaired) electrons. The van der Waals surface area contributed by atoms with E-state index in [1.165, 1.54) is 10.5 Å². The number of aryl methyl sites for hydroxylation is 1. The Kier molecular flexibility index (Phi) is 21.0. The minimum atomic E-state index is -0.806. The van der Waals surface area contributed by atoms with E-state index in [2.05, 4.69) is 50.1 Å². The minimum absolute atomic E-state index is 0.118. The summed E-state index contributed by atoms with van der Waals surface area (Å²) in [7, 11) is 4.84. The van der Waals surface area contributed by atoms with Gasteiger partial charge in [0.05, 0.1) is 31.9 Å². The van der Waals surface area contributed by atoms with Crippen molar-refractivity contribution in [1.82, 2.24) is 35.8 Å². The van der Waals surface area contributed by atoms with Gasteiger partial charge in [0.2, 0.25) is 17.7 Å². The van der Waals surface area contributed by atoms with Gasteiger partial charge in [0, 0.05) is 33.4 Å². The molecule has 0 aliphatic carbocycles. The summed E-state index contributed by atoms with van der Waals surface area (Å²) in [5.41, 5.74) is 3.31. The maximum Gasteiger partial charge on any atom is 0.251 e. The summed E-state index contributed by atoms with van der Waals surface area (Å²) in [6.07, 6.45) is 4.16. The van der Waals surface area contributed by atoms with E-state index in [1.807, 2.05) is 44.2 Å². The molecule has 15 heteroatoms. The fourth-order valence-corrected chi connectivity index (χ4v) is 6.13. The van der Waals surface area contributed by atoms with Gasteiger partial charge in [0.15, 0.2) is 0 Å². The Morgan fingerprint density at radius 1 is 0.915 bits per heavy atom. The average molecular weight is 814 g/mol. The van der Waals surface area contributed by atoms with E-state index >= 15 is 0 Å². The zero-order chi connectivity index (χ0) is 43.0. The number of rotatable bonds is 18. The largest absolute Gasteiger partial charge is 0.492 e. The zero-order valence-corrected chi connectivity index (χ0v) is 35.0. The lowest BCUT2D eigenvalue weighted by Crippen LogP contribution is -2.54. The molecule has 0 bridgehead atoms. The van der Waals surface area contributed by atoms with Crippen LogP contribution in [-0.2, 0) is 48.2 Å². The molecule has 5 rings (SSSR count). The lowest BCUT2D eigenvalue weighted by Gasteiger charge is -2.29. The second-order valence-electron chi connectivity index (χ2n) is 14.4. The van der Waals surface area contributed by atoms with Crippen molar-refractivity contribution in [3.05, 3.63) is 114 Å². The van der Waals surface area contributed by atoms with Gasteiger partial charge in [-0.3, -0.25) is 19.2 Å². The Labute approximate surface area is 347 Å². The number of nitrogens with one attached hydrogen (secondary N) is 3. The number of nitrogens with zero attached hydrogens (tertiary/aromatic N) is 4. The molecular weight excluding hydrogens is 755 g/mol. The molecule has 3 atom stereocenters. The molecule has 0 spiro atoms. The Balaban J connectivity index is 0.000000819. The second kappa shape index (κ2) is 26.1. The highest BCUT2D eigenvalue weighted by molar-refractivity contribution is 5.98. The number of carbonyl (C=O) groups is 5. The summed E-state index contributed by atoms with van der Waals surface area (Å²) in [5, 5.41) is 16.1. The topological polar surface area (TPSA) is 183 Å². The van der Waals surface area contributed by atoms with Gasteiger partial charge in [-0.25, -0.2) is 4.68 Å². The van der Waals surface area contributed by atoms with Crippen molar-refractivity contribution in [3.8, 4) is 5.75 Å². The minimum Gasteiger partial charge on any atom is -0.492 e. The van der Waals surface area contributed by atoms with Crippen LogP contribution in [0.15, 0.2) is 91.1 Å².